The smallest absolute Gasteiger partial charge is 0.326 e. The van der Waals surface area contributed by atoms with E-state index >= 15 is 0 Å². The number of hydrogen-bond acceptors (Lipinski definition) is 6. The van der Waals surface area contributed by atoms with Crippen molar-refractivity contribution in [2.75, 3.05) is 6.54 Å². The number of halogens is 4. The molecule has 33 heavy (non-hydrogen) atoms. The first kappa shape index (κ1) is 29.1. The zero-order chi connectivity index (χ0) is 24.7. The minimum Gasteiger partial charge on any atom is -0.506 e. The van der Waals surface area contributed by atoms with Crippen molar-refractivity contribution in [3.63, 3.8) is 0 Å². The van der Waals surface area contributed by atoms with E-state index < -0.39 is 24.0 Å². The van der Waals surface area contributed by atoms with Crippen molar-refractivity contribution in [1.82, 2.24) is 5.32 Å². The molecule has 8 nitrogen and oxygen atoms in total. The Bertz CT molecular complexity index is 975. The predicted octanol–water partition coefficient (Wildman–Crippen LogP) is 4.17. The second kappa shape index (κ2) is 13.8. The van der Waals surface area contributed by atoms with Gasteiger partial charge in [0.25, 0.3) is 0 Å². The summed E-state index contributed by atoms with van der Waals surface area (Å²) in [5.41, 5.74) is 12.4. The van der Waals surface area contributed by atoms with E-state index in [-0.39, 0.29) is 12.2 Å². The van der Waals surface area contributed by atoms with Gasteiger partial charge in [0.05, 0.1) is 20.3 Å². The number of ether oxygens (including phenoxy) is 1. The van der Waals surface area contributed by atoms with E-state index in [4.69, 9.17) is 16.2 Å². The van der Waals surface area contributed by atoms with Crippen LogP contribution in [0.1, 0.15) is 24.8 Å². The first-order chi connectivity index (χ1) is 15.5. The van der Waals surface area contributed by atoms with E-state index in [2.05, 4.69) is 50.5 Å². The Hall–Kier alpha value is -0.180. The van der Waals surface area contributed by atoms with Crippen LogP contribution in [0, 0.1) is 14.3 Å². The summed E-state index contributed by atoms with van der Waals surface area (Å²) in [6, 6.07) is 5.41. The number of carbonyl (C=O) groups is 2. The van der Waals surface area contributed by atoms with Gasteiger partial charge in [0.2, 0.25) is 5.91 Å². The molecule has 0 unspecified atom stereocenters. The van der Waals surface area contributed by atoms with Crippen LogP contribution in [0.2, 0.25) is 0 Å². The molecule has 1 amide bonds. The van der Waals surface area contributed by atoms with Gasteiger partial charge >= 0.3 is 5.97 Å². The van der Waals surface area contributed by atoms with Gasteiger partial charge in [0, 0.05) is 0 Å². The van der Waals surface area contributed by atoms with Crippen LogP contribution in [0.15, 0.2) is 24.3 Å². The molecule has 12 heteroatoms. The molecule has 0 aliphatic heterocycles. The summed E-state index contributed by atoms with van der Waals surface area (Å²) in [4.78, 5) is 23.9. The summed E-state index contributed by atoms with van der Waals surface area (Å²) in [5.74, 6) is -0.0951. The molecule has 0 saturated heterocycles. The SMILES string of the molecule is NCCCC[C@H](NC(=O)[C@@H](N)Cc1cc(I)c(Oc2cc(I)c(O)c(I)c2)c(I)c1)C(=O)O. The number of nitrogens with two attached hydrogens (primary N) is 2. The van der Waals surface area contributed by atoms with E-state index in [1.54, 1.807) is 12.1 Å². The first-order valence-electron chi connectivity index (χ1n) is 9.86. The van der Waals surface area contributed by atoms with Crippen molar-refractivity contribution >= 4 is 102 Å². The Kier molecular flexibility index (Phi) is 12.1. The van der Waals surface area contributed by atoms with Crippen LogP contribution in [0.25, 0.3) is 0 Å². The lowest BCUT2D eigenvalue weighted by Gasteiger charge is -2.18. The van der Waals surface area contributed by atoms with Crippen LogP contribution >= 0.6 is 90.4 Å². The maximum absolute atomic E-state index is 12.5. The lowest BCUT2D eigenvalue weighted by molar-refractivity contribution is -0.142. The minimum absolute atomic E-state index is 0.222. The highest BCUT2D eigenvalue weighted by molar-refractivity contribution is 14.1. The van der Waals surface area contributed by atoms with Crippen molar-refractivity contribution in [3.05, 3.63) is 44.1 Å². The monoisotopic (exact) mass is 905 g/mol. The average Bonchev–Trinajstić information content (AvgIpc) is 2.73. The number of nitrogens with one attached hydrogen (secondary N) is 1. The van der Waals surface area contributed by atoms with Crippen LogP contribution in [-0.4, -0.2) is 40.7 Å². The zero-order valence-corrected chi connectivity index (χ0v) is 25.9. The molecule has 0 aliphatic rings. The van der Waals surface area contributed by atoms with Gasteiger partial charge in [-0.2, -0.15) is 0 Å². The molecule has 0 bridgehead atoms. The number of amides is 1. The summed E-state index contributed by atoms with van der Waals surface area (Å²) >= 11 is 8.42. The summed E-state index contributed by atoms with van der Waals surface area (Å²) in [7, 11) is 0. The molecule has 0 aliphatic carbocycles. The summed E-state index contributed by atoms with van der Waals surface area (Å²) in [6.07, 6.45) is 1.86. The van der Waals surface area contributed by atoms with Crippen LogP contribution in [0.4, 0.5) is 0 Å². The second-order valence-corrected chi connectivity index (χ2v) is 11.9. The Balaban J connectivity index is 2.09. The Labute approximate surface area is 246 Å². The quantitative estimate of drug-likeness (QED) is 0.168. The van der Waals surface area contributed by atoms with Gasteiger partial charge < -0.3 is 31.7 Å². The van der Waals surface area contributed by atoms with Crippen LogP contribution in [-0.2, 0) is 16.0 Å². The number of carbonyl (C=O) groups excluding carboxylic acids is 1. The van der Waals surface area contributed by atoms with Gasteiger partial charge in [-0.3, -0.25) is 4.79 Å². The number of phenolic OH excluding ortho intramolecular Hbond substituents is 1. The number of carboxylic acid groups (broad SMARTS) is 1. The Morgan fingerprint density at radius 2 is 1.58 bits per heavy atom. The maximum atomic E-state index is 12.5. The third kappa shape index (κ3) is 8.76. The van der Waals surface area contributed by atoms with Gasteiger partial charge in [-0.25, -0.2) is 4.79 Å². The molecule has 0 heterocycles. The molecule has 0 radical (unpaired) electrons. The van der Waals surface area contributed by atoms with Crippen molar-refractivity contribution in [1.29, 1.82) is 0 Å². The Morgan fingerprint density at radius 1 is 1.00 bits per heavy atom. The third-order valence-corrected chi connectivity index (χ3v) is 7.87. The fourth-order valence-electron chi connectivity index (χ4n) is 2.92. The number of carboxylic acids is 1. The van der Waals surface area contributed by atoms with E-state index in [0.29, 0.717) is 44.4 Å². The van der Waals surface area contributed by atoms with E-state index in [1.165, 1.54) is 0 Å². The van der Waals surface area contributed by atoms with Crippen LogP contribution in [0.5, 0.6) is 17.2 Å². The number of phenols is 1. The molecule has 2 atom stereocenters. The standard InChI is InChI=1S/C21H23I4N3O5/c22-12-8-11(9-13(23)18(12)29)33-19-14(24)5-10(6-15(19)25)7-16(27)20(30)28-17(21(31)32)3-1-2-4-26/h5-6,8-9,16-17,29H,1-4,7,26-27H2,(H,28,30)(H,31,32)/t16-,17-/m0/s1. The highest BCUT2D eigenvalue weighted by Gasteiger charge is 2.23. The fraction of sp³-hybridized carbons (Fsp3) is 0.333. The maximum Gasteiger partial charge on any atom is 0.326 e. The van der Waals surface area contributed by atoms with Crippen LogP contribution < -0.4 is 21.5 Å². The largest absolute Gasteiger partial charge is 0.506 e. The number of hydrogen-bond donors (Lipinski definition) is 5. The number of aliphatic carboxylic acids is 1. The lowest BCUT2D eigenvalue weighted by Crippen LogP contribution is -2.49. The van der Waals surface area contributed by atoms with Gasteiger partial charge in [-0.15, -0.1) is 0 Å². The van der Waals surface area contributed by atoms with Crippen molar-refractivity contribution in [2.45, 2.75) is 37.8 Å². The topological polar surface area (TPSA) is 148 Å². The lowest BCUT2D eigenvalue weighted by atomic mass is 10.0. The predicted molar refractivity (Wildman–Crippen MR) is 160 cm³/mol. The molecule has 7 N–H and O–H groups in total. The fourth-order valence-corrected chi connectivity index (χ4v) is 6.75. The highest BCUT2D eigenvalue weighted by Crippen LogP contribution is 2.36. The molecule has 2 aromatic carbocycles. The molecular weight excluding hydrogens is 882 g/mol. The van der Waals surface area contributed by atoms with Crippen molar-refractivity contribution in [3.8, 4) is 17.2 Å². The van der Waals surface area contributed by atoms with Crippen LogP contribution in [0.3, 0.4) is 0 Å². The molecule has 0 saturated carbocycles. The molecule has 2 aromatic rings. The minimum atomic E-state index is -1.09. The average molecular weight is 905 g/mol. The molecule has 180 valence electrons. The summed E-state index contributed by atoms with van der Waals surface area (Å²) < 4.78 is 9.13. The van der Waals surface area contributed by atoms with Crippen molar-refractivity contribution in [2.24, 2.45) is 11.5 Å². The first-order valence-corrected chi connectivity index (χ1v) is 14.2. The summed E-state index contributed by atoms with van der Waals surface area (Å²) in [5, 5.41) is 21.8. The molecule has 0 aromatic heterocycles. The number of aromatic hydroxyl groups is 1. The van der Waals surface area contributed by atoms with E-state index in [1.807, 2.05) is 57.3 Å². The molecule has 2 rings (SSSR count). The molecule has 0 spiro atoms. The van der Waals surface area contributed by atoms with Gasteiger partial charge in [-0.05, 0) is 152 Å². The Morgan fingerprint density at radius 3 is 2.09 bits per heavy atom. The number of benzene rings is 2. The zero-order valence-electron chi connectivity index (χ0n) is 17.3. The van der Waals surface area contributed by atoms with Crippen molar-refractivity contribution < 1.29 is 24.5 Å². The summed E-state index contributed by atoms with van der Waals surface area (Å²) in [6.45, 7) is 0.474. The van der Waals surface area contributed by atoms with E-state index in [9.17, 15) is 19.8 Å². The normalized spacial score (nSPS) is 12.8. The highest BCUT2D eigenvalue weighted by atomic mass is 127. The molecular formula is C21H23I4N3O5. The van der Waals surface area contributed by atoms with Gasteiger partial charge in [-0.1, -0.05) is 0 Å². The number of rotatable bonds is 11. The van der Waals surface area contributed by atoms with Gasteiger partial charge in [0.15, 0.2) is 5.75 Å². The molecule has 0 fully saturated rings. The second-order valence-electron chi connectivity index (χ2n) is 7.22. The van der Waals surface area contributed by atoms with Gasteiger partial charge in [0.1, 0.15) is 17.5 Å². The van der Waals surface area contributed by atoms with E-state index in [0.717, 1.165) is 12.7 Å². The number of unbranched alkanes of at least 4 members (excludes halogenated alkanes) is 1. The third-order valence-electron chi connectivity index (χ3n) is 4.62.